The van der Waals surface area contributed by atoms with Crippen LogP contribution in [0.25, 0.3) is 122 Å². The van der Waals surface area contributed by atoms with Crippen LogP contribution < -0.4 is 0 Å². The third-order valence-corrected chi connectivity index (χ3v) is 17.3. The van der Waals surface area contributed by atoms with Gasteiger partial charge in [-0.25, -0.2) is 0 Å². The Morgan fingerprint density at radius 3 is 1.06 bits per heavy atom. The van der Waals surface area contributed by atoms with Crippen molar-refractivity contribution in [3.05, 3.63) is 338 Å². The maximum absolute atomic E-state index is 2.43. The van der Waals surface area contributed by atoms with Crippen molar-refractivity contribution in [2.45, 2.75) is 5.41 Å². The van der Waals surface area contributed by atoms with Gasteiger partial charge in [0.25, 0.3) is 0 Å². The van der Waals surface area contributed by atoms with E-state index in [9.17, 15) is 0 Å². The maximum Gasteiger partial charge on any atom is 0.0719 e. The summed E-state index contributed by atoms with van der Waals surface area (Å²) in [6.45, 7) is 0. The number of hydrogen-bond donors (Lipinski definition) is 0. The zero-order valence-electron chi connectivity index (χ0n) is 44.4. The topological polar surface area (TPSA) is 9.86 Å². The Morgan fingerprint density at radius 1 is 0.198 bits per heavy atom. The first kappa shape index (κ1) is 46.5. The predicted molar refractivity (Wildman–Crippen MR) is 340 cm³/mol. The first-order valence-electron chi connectivity index (χ1n) is 28.1. The lowest BCUT2D eigenvalue weighted by atomic mass is 9.65. The molecule has 0 N–H and O–H groups in total. The van der Waals surface area contributed by atoms with Crippen LogP contribution in [-0.4, -0.2) is 9.13 Å². The van der Waals surface area contributed by atoms with Crippen molar-refractivity contribution < 1.29 is 0 Å². The van der Waals surface area contributed by atoms with Crippen molar-refractivity contribution in [3.8, 4) is 78.1 Å². The molecule has 0 spiro atoms. The second-order valence-electron chi connectivity index (χ2n) is 21.5. The minimum absolute atomic E-state index is 0.528. The molecule has 1 aliphatic rings. The van der Waals surface area contributed by atoms with Crippen molar-refractivity contribution in [1.82, 2.24) is 9.13 Å². The van der Waals surface area contributed by atoms with E-state index >= 15 is 0 Å². The molecule has 2 heterocycles. The Morgan fingerprint density at radius 2 is 0.543 bits per heavy atom. The quantitative estimate of drug-likeness (QED) is 0.136. The zero-order chi connectivity index (χ0) is 53.4. The summed E-state index contributed by atoms with van der Waals surface area (Å²) in [4.78, 5) is 0. The van der Waals surface area contributed by atoms with Crippen LogP contribution in [0.4, 0.5) is 0 Å². The van der Waals surface area contributed by atoms with Crippen LogP contribution in [-0.2, 0) is 5.41 Å². The highest BCUT2D eigenvalue weighted by Gasteiger charge is 2.47. The van der Waals surface area contributed by atoms with Gasteiger partial charge in [-0.2, -0.15) is 0 Å². The number of para-hydroxylation sites is 3. The molecule has 0 bridgehead atoms. The lowest BCUT2D eigenvalue weighted by Gasteiger charge is -2.36. The van der Waals surface area contributed by atoms with E-state index in [1.807, 2.05) is 0 Å². The van der Waals surface area contributed by atoms with Crippen LogP contribution in [0.15, 0.2) is 315 Å². The second kappa shape index (κ2) is 18.8. The predicted octanol–water partition coefficient (Wildman–Crippen LogP) is 20.6. The van der Waals surface area contributed by atoms with E-state index in [-0.39, 0.29) is 0 Å². The van der Waals surface area contributed by atoms with E-state index in [1.54, 1.807) is 0 Å². The van der Waals surface area contributed by atoms with Crippen LogP contribution in [0.5, 0.6) is 0 Å². The summed E-state index contributed by atoms with van der Waals surface area (Å²) in [5.41, 5.74) is 26.3. The monoisotopic (exact) mass is 1030 g/mol. The van der Waals surface area contributed by atoms with Crippen molar-refractivity contribution in [2.75, 3.05) is 0 Å². The summed E-state index contributed by atoms with van der Waals surface area (Å²) < 4.78 is 4.79. The van der Waals surface area contributed by atoms with Crippen LogP contribution in [0, 0.1) is 0 Å². The fourth-order valence-corrected chi connectivity index (χ4v) is 13.6. The Bertz CT molecular complexity index is 4840. The van der Waals surface area contributed by atoms with Gasteiger partial charge in [-0.1, -0.05) is 249 Å². The van der Waals surface area contributed by atoms with Gasteiger partial charge in [0, 0.05) is 32.9 Å². The van der Waals surface area contributed by atoms with Gasteiger partial charge in [-0.15, -0.1) is 0 Å². The SMILES string of the molecule is c1ccc(-c2ccccc2C2(c3cccc(-c4ccc(-c5ccc(-c6ccc(-n7c8ccccc8c8cc(-c9ccc%10c(c9)c9ccccc9n%10-c9ccccc9)ccc87)cc6)cc5)cc4)c3)c3ccccc3-c3ccccc32)cc1. The van der Waals surface area contributed by atoms with Gasteiger partial charge in [0.05, 0.1) is 27.5 Å². The fourth-order valence-electron chi connectivity index (χ4n) is 13.6. The molecule has 0 saturated heterocycles. The highest BCUT2D eigenvalue weighted by atomic mass is 15.0. The molecular weight excluding hydrogens is 977 g/mol. The van der Waals surface area contributed by atoms with E-state index in [0.717, 1.165) is 5.69 Å². The number of rotatable bonds is 9. The van der Waals surface area contributed by atoms with Gasteiger partial charge in [0.1, 0.15) is 0 Å². The van der Waals surface area contributed by atoms with Crippen LogP contribution in [0.2, 0.25) is 0 Å². The third kappa shape index (κ3) is 7.42. The van der Waals surface area contributed by atoms with Crippen LogP contribution in [0.1, 0.15) is 22.3 Å². The molecule has 1 aliphatic carbocycles. The number of aromatic nitrogens is 2. The van der Waals surface area contributed by atoms with Gasteiger partial charge < -0.3 is 9.13 Å². The molecule has 378 valence electrons. The van der Waals surface area contributed by atoms with Crippen molar-refractivity contribution >= 4 is 43.6 Å². The van der Waals surface area contributed by atoms with E-state index in [4.69, 9.17) is 0 Å². The number of fused-ring (bicyclic) bond motifs is 9. The zero-order valence-corrected chi connectivity index (χ0v) is 44.4. The first-order chi connectivity index (χ1) is 40.2. The summed E-state index contributed by atoms with van der Waals surface area (Å²) in [6, 6.07) is 116. The number of hydrogen-bond acceptors (Lipinski definition) is 0. The highest BCUT2D eigenvalue weighted by Crippen LogP contribution is 2.58. The molecule has 15 aromatic rings. The summed E-state index contributed by atoms with van der Waals surface area (Å²) >= 11 is 0. The molecule has 0 unspecified atom stereocenters. The number of benzene rings is 13. The van der Waals surface area contributed by atoms with Crippen molar-refractivity contribution in [2.24, 2.45) is 0 Å². The standard InChI is InChI=1S/C79H52N2/c1-3-18-58(19-4-1)65-24-7-12-29-72(65)79(73-30-13-8-25-66(73)67-26-9-14-31-74(67)79)62-21-17-20-59(50-62)57-40-38-54(39-41-57)53-34-36-55(37-35-53)56-42-46-64(47-43-56)81-76-33-16-11-28-69(76)71-52-61(45-49-78(71)81)60-44-48-77-70(51-60)68-27-10-15-32-75(68)80(77)63-22-5-2-6-23-63/h1-52H. The summed E-state index contributed by atoms with van der Waals surface area (Å²) in [7, 11) is 0. The first-order valence-corrected chi connectivity index (χ1v) is 28.1. The largest absolute Gasteiger partial charge is 0.309 e. The molecule has 0 amide bonds. The maximum atomic E-state index is 2.43. The average Bonchev–Trinajstić information content (AvgIpc) is 4.38. The Hall–Kier alpha value is -10.5. The molecule has 81 heavy (non-hydrogen) atoms. The van der Waals surface area contributed by atoms with E-state index in [1.165, 1.54) is 138 Å². The summed E-state index contributed by atoms with van der Waals surface area (Å²) in [6.07, 6.45) is 0. The lowest BCUT2D eigenvalue weighted by molar-refractivity contribution is 0.771. The summed E-state index contributed by atoms with van der Waals surface area (Å²) in [5.74, 6) is 0. The molecule has 0 atom stereocenters. The molecule has 0 radical (unpaired) electrons. The summed E-state index contributed by atoms with van der Waals surface area (Å²) in [5, 5.41) is 5.00. The van der Waals surface area contributed by atoms with E-state index in [0.29, 0.717) is 0 Å². The molecule has 0 aliphatic heterocycles. The van der Waals surface area contributed by atoms with Crippen LogP contribution >= 0.6 is 0 Å². The molecule has 13 aromatic carbocycles. The highest BCUT2D eigenvalue weighted by molar-refractivity contribution is 6.13. The van der Waals surface area contributed by atoms with Gasteiger partial charge >= 0.3 is 0 Å². The van der Waals surface area contributed by atoms with Crippen LogP contribution in [0.3, 0.4) is 0 Å². The normalized spacial score (nSPS) is 12.5. The minimum Gasteiger partial charge on any atom is -0.309 e. The Kier molecular flexibility index (Phi) is 10.8. The average molecular weight is 1030 g/mol. The van der Waals surface area contributed by atoms with Crippen molar-refractivity contribution in [1.29, 1.82) is 0 Å². The second-order valence-corrected chi connectivity index (χ2v) is 21.5. The van der Waals surface area contributed by atoms with E-state index < -0.39 is 5.41 Å². The Labute approximate surface area is 471 Å². The molecule has 0 saturated carbocycles. The third-order valence-electron chi connectivity index (χ3n) is 17.3. The Balaban J connectivity index is 0.690. The molecular formula is C79H52N2. The molecule has 2 aromatic heterocycles. The lowest BCUT2D eigenvalue weighted by Crippen LogP contribution is -2.29. The molecule has 0 fully saturated rings. The molecule has 2 heteroatoms. The minimum atomic E-state index is -0.528. The number of nitrogens with zero attached hydrogens (tertiary/aromatic N) is 2. The smallest absolute Gasteiger partial charge is 0.0719 e. The van der Waals surface area contributed by atoms with Gasteiger partial charge in [-0.05, 0) is 156 Å². The van der Waals surface area contributed by atoms with Gasteiger partial charge in [0.2, 0.25) is 0 Å². The molecule has 16 rings (SSSR count). The molecule has 2 nitrogen and oxygen atoms in total. The van der Waals surface area contributed by atoms with Gasteiger partial charge in [-0.3, -0.25) is 0 Å². The fraction of sp³-hybridized carbons (Fsp3) is 0.0127. The van der Waals surface area contributed by atoms with Gasteiger partial charge in [0.15, 0.2) is 0 Å². The van der Waals surface area contributed by atoms with E-state index in [2.05, 4.69) is 325 Å². The van der Waals surface area contributed by atoms with Crippen molar-refractivity contribution in [3.63, 3.8) is 0 Å².